The maximum atomic E-state index is 13.0. The minimum absolute atomic E-state index is 0.150. The van der Waals surface area contributed by atoms with Crippen LogP contribution in [0.15, 0.2) is 24.4 Å². The van der Waals surface area contributed by atoms with Crippen LogP contribution < -0.4 is 0 Å². The van der Waals surface area contributed by atoms with Gasteiger partial charge in [0, 0.05) is 17.3 Å². The maximum absolute atomic E-state index is 13.0. The van der Waals surface area contributed by atoms with Crippen LogP contribution in [-0.2, 0) is 11.6 Å². The summed E-state index contributed by atoms with van der Waals surface area (Å²) < 4.78 is 40.3. The van der Waals surface area contributed by atoms with Gasteiger partial charge in [-0.25, -0.2) is 0 Å². The summed E-state index contributed by atoms with van der Waals surface area (Å²) in [6.45, 7) is 6.02. The molecule has 22 heavy (non-hydrogen) atoms. The second-order valence-electron chi connectivity index (χ2n) is 6.05. The SMILES string of the molecule is CC(C)(C)c1cc(-c2nnc3c(C(F)(F)F)cccn23)n[nH]1. The molecule has 0 aliphatic heterocycles. The summed E-state index contributed by atoms with van der Waals surface area (Å²) in [5.74, 6) is 0.271. The Morgan fingerprint density at radius 2 is 1.86 bits per heavy atom. The highest BCUT2D eigenvalue weighted by atomic mass is 19.4. The summed E-state index contributed by atoms with van der Waals surface area (Å²) >= 11 is 0. The minimum Gasteiger partial charge on any atom is -0.281 e. The molecule has 0 atom stereocenters. The number of fused-ring (bicyclic) bond motifs is 1. The molecule has 0 unspecified atom stereocenters. The average Bonchev–Trinajstić information content (AvgIpc) is 3.02. The number of hydrogen-bond donors (Lipinski definition) is 1. The maximum Gasteiger partial charge on any atom is 0.420 e. The summed E-state index contributed by atoms with van der Waals surface area (Å²) in [6.07, 6.45) is -2.99. The second-order valence-corrected chi connectivity index (χ2v) is 6.05. The molecule has 3 aromatic heterocycles. The third kappa shape index (κ3) is 2.34. The van der Waals surface area contributed by atoms with Crippen molar-refractivity contribution in [2.45, 2.75) is 32.4 Å². The van der Waals surface area contributed by atoms with E-state index < -0.39 is 11.7 Å². The van der Waals surface area contributed by atoms with Gasteiger partial charge in [0.25, 0.3) is 0 Å². The van der Waals surface area contributed by atoms with Gasteiger partial charge in [-0.05, 0) is 18.2 Å². The van der Waals surface area contributed by atoms with Crippen molar-refractivity contribution in [3.8, 4) is 11.5 Å². The number of nitrogens with zero attached hydrogens (tertiary/aromatic N) is 4. The number of aromatic nitrogens is 5. The Bertz CT molecular complexity index is 823. The fourth-order valence-electron chi connectivity index (χ4n) is 2.13. The number of H-pyrrole nitrogens is 1. The van der Waals surface area contributed by atoms with E-state index in [0.29, 0.717) is 5.69 Å². The van der Waals surface area contributed by atoms with Gasteiger partial charge in [-0.15, -0.1) is 10.2 Å². The molecule has 0 saturated heterocycles. The molecular weight excluding hydrogens is 295 g/mol. The Morgan fingerprint density at radius 3 is 2.45 bits per heavy atom. The number of hydrogen-bond acceptors (Lipinski definition) is 3. The molecule has 0 bridgehead atoms. The Labute approximate surface area is 124 Å². The van der Waals surface area contributed by atoms with E-state index in [-0.39, 0.29) is 16.9 Å². The van der Waals surface area contributed by atoms with Gasteiger partial charge in [0.15, 0.2) is 11.5 Å². The molecule has 0 radical (unpaired) electrons. The normalized spacial score (nSPS) is 13.0. The van der Waals surface area contributed by atoms with Crippen molar-refractivity contribution < 1.29 is 13.2 Å². The molecular formula is C14H14F3N5. The first-order chi connectivity index (χ1) is 10.2. The lowest BCUT2D eigenvalue weighted by Gasteiger charge is -2.14. The van der Waals surface area contributed by atoms with Crippen molar-refractivity contribution in [2.24, 2.45) is 0 Å². The first-order valence-corrected chi connectivity index (χ1v) is 6.65. The molecule has 8 heteroatoms. The molecule has 5 nitrogen and oxygen atoms in total. The van der Waals surface area contributed by atoms with E-state index in [4.69, 9.17) is 0 Å². The standard InChI is InChI=1S/C14H14F3N5/c1-13(2,3)10-7-9(18-19-10)12-21-20-11-8(14(15,16)17)5-4-6-22(11)12/h4-7H,1-3H3,(H,18,19). The molecule has 3 rings (SSSR count). The van der Waals surface area contributed by atoms with Crippen LogP contribution in [0.4, 0.5) is 13.2 Å². The summed E-state index contributed by atoms with van der Waals surface area (Å²) in [5, 5.41) is 14.6. The smallest absolute Gasteiger partial charge is 0.281 e. The van der Waals surface area contributed by atoms with E-state index in [0.717, 1.165) is 11.8 Å². The predicted molar refractivity (Wildman–Crippen MR) is 74.3 cm³/mol. The van der Waals surface area contributed by atoms with Crippen LogP contribution in [0.2, 0.25) is 0 Å². The monoisotopic (exact) mass is 309 g/mol. The molecule has 3 aromatic rings. The van der Waals surface area contributed by atoms with Gasteiger partial charge < -0.3 is 0 Å². The lowest BCUT2D eigenvalue weighted by molar-refractivity contribution is -0.136. The van der Waals surface area contributed by atoms with Crippen LogP contribution >= 0.6 is 0 Å². The molecule has 0 saturated carbocycles. The number of halogens is 3. The Morgan fingerprint density at radius 1 is 1.14 bits per heavy atom. The molecule has 0 amide bonds. The number of aromatic amines is 1. The molecule has 0 fully saturated rings. The highest BCUT2D eigenvalue weighted by Crippen LogP contribution is 2.33. The molecule has 0 spiro atoms. The highest BCUT2D eigenvalue weighted by molar-refractivity contribution is 5.59. The fourth-order valence-corrected chi connectivity index (χ4v) is 2.13. The van der Waals surface area contributed by atoms with Crippen LogP contribution in [0.25, 0.3) is 17.2 Å². The first-order valence-electron chi connectivity index (χ1n) is 6.65. The zero-order valence-corrected chi connectivity index (χ0v) is 12.2. The van der Waals surface area contributed by atoms with Crippen molar-refractivity contribution in [3.63, 3.8) is 0 Å². The van der Waals surface area contributed by atoms with Gasteiger partial charge in [0.1, 0.15) is 11.3 Å². The summed E-state index contributed by atoms with van der Waals surface area (Å²) in [6, 6.07) is 4.08. The van der Waals surface area contributed by atoms with Crippen LogP contribution in [-0.4, -0.2) is 24.8 Å². The number of pyridine rings is 1. The third-order valence-electron chi connectivity index (χ3n) is 3.36. The lowest BCUT2D eigenvalue weighted by Crippen LogP contribution is -2.11. The summed E-state index contributed by atoms with van der Waals surface area (Å²) in [5.41, 5.74) is 0.122. The van der Waals surface area contributed by atoms with E-state index in [9.17, 15) is 13.2 Å². The van der Waals surface area contributed by atoms with Crippen molar-refractivity contribution in [1.82, 2.24) is 24.8 Å². The predicted octanol–water partition coefficient (Wildman–Crippen LogP) is 3.44. The van der Waals surface area contributed by atoms with E-state index >= 15 is 0 Å². The van der Waals surface area contributed by atoms with Gasteiger partial charge in [0.2, 0.25) is 0 Å². The summed E-state index contributed by atoms with van der Waals surface area (Å²) in [7, 11) is 0. The second kappa shape index (κ2) is 4.56. The van der Waals surface area contributed by atoms with E-state index in [1.807, 2.05) is 20.8 Å². The van der Waals surface area contributed by atoms with Crippen LogP contribution in [0, 0.1) is 0 Å². The van der Waals surface area contributed by atoms with Crippen LogP contribution in [0.1, 0.15) is 32.0 Å². The summed E-state index contributed by atoms with van der Waals surface area (Å²) in [4.78, 5) is 0. The van der Waals surface area contributed by atoms with Crippen molar-refractivity contribution >= 4 is 5.65 Å². The topological polar surface area (TPSA) is 58.9 Å². The fraction of sp³-hybridized carbons (Fsp3) is 0.357. The van der Waals surface area contributed by atoms with E-state index in [1.54, 1.807) is 6.07 Å². The van der Waals surface area contributed by atoms with E-state index in [1.165, 1.54) is 16.7 Å². The van der Waals surface area contributed by atoms with Gasteiger partial charge in [-0.1, -0.05) is 20.8 Å². The van der Waals surface area contributed by atoms with Crippen molar-refractivity contribution in [1.29, 1.82) is 0 Å². The molecule has 3 heterocycles. The van der Waals surface area contributed by atoms with Crippen molar-refractivity contribution in [3.05, 3.63) is 35.7 Å². The van der Waals surface area contributed by atoms with Gasteiger partial charge >= 0.3 is 6.18 Å². The van der Waals surface area contributed by atoms with Crippen LogP contribution in [0.3, 0.4) is 0 Å². The average molecular weight is 309 g/mol. The quantitative estimate of drug-likeness (QED) is 0.749. The molecule has 1 N–H and O–H groups in total. The minimum atomic E-state index is -4.48. The Balaban J connectivity index is 2.15. The van der Waals surface area contributed by atoms with Gasteiger partial charge in [0.05, 0.1) is 0 Å². The Hall–Kier alpha value is -2.38. The third-order valence-corrected chi connectivity index (χ3v) is 3.36. The van der Waals surface area contributed by atoms with Gasteiger partial charge in [-0.3, -0.25) is 9.50 Å². The van der Waals surface area contributed by atoms with Gasteiger partial charge in [-0.2, -0.15) is 18.3 Å². The molecule has 0 aliphatic rings. The number of alkyl halides is 3. The molecule has 0 aliphatic carbocycles. The van der Waals surface area contributed by atoms with Crippen LogP contribution in [0.5, 0.6) is 0 Å². The molecule has 116 valence electrons. The number of nitrogens with one attached hydrogen (secondary N) is 1. The zero-order chi connectivity index (χ0) is 16.1. The largest absolute Gasteiger partial charge is 0.420 e. The Kier molecular flexibility index (Phi) is 3.01. The zero-order valence-electron chi connectivity index (χ0n) is 12.2. The van der Waals surface area contributed by atoms with E-state index in [2.05, 4.69) is 20.4 Å². The number of rotatable bonds is 1. The molecule has 0 aromatic carbocycles. The lowest BCUT2D eigenvalue weighted by atomic mass is 9.92. The highest BCUT2D eigenvalue weighted by Gasteiger charge is 2.34. The van der Waals surface area contributed by atoms with Crippen molar-refractivity contribution in [2.75, 3.05) is 0 Å². The first kappa shape index (κ1) is 14.6.